The number of ether oxygens (including phenoxy) is 1. The molecule has 3 rings (SSSR count). The number of likely N-dealkylation sites (tertiary alicyclic amines) is 1. The molecule has 0 bridgehead atoms. The van der Waals surface area contributed by atoms with E-state index in [4.69, 9.17) is 5.73 Å². The van der Waals surface area contributed by atoms with Gasteiger partial charge in [0.1, 0.15) is 5.75 Å². The van der Waals surface area contributed by atoms with Crippen LogP contribution in [0.4, 0.5) is 13.2 Å². The minimum absolute atomic E-state index is 0. The number of carbonyl (C=O) groups is 1. The summed E-state index contributed by atoms with van der Waals surface area (Å²) in [5.74, 6) is 0.0514. The molecule has 3 atom stereocenters. The molecule has 1 saturated heterocycles. The van der Waals surface area contributed by atoms with Gasteiger partial charge in [0.15, 0.2) is 0 Å². The van der Waals surface area contributed by atoms with Gasteiger partial charge in [0.25, 0.3) is 5.91 Å². The zero-order valence-corrected chi connectivity index (χ0v) is 13.8. The molecule has 2 N–H and O–H groups in total. The summed E-state index contributed by atoms with van der Waals surface area (Å²) in [5, 5.41) is 0. The number of hydrogen-bond donors (Lipinski definition) is 1. The predicted octanol–water partition coefficient (Wildman–Crippen LogP) is 3.21. The SMILES string of the molecule is Cl.NC1CCCC2CN(C(=O)c3cccc(OC(F)(F)F)c3)CC12. The highest BCUT2D eigenvalue weighted by Crippen LogP contribution is 2.36. The van der Waals surface area contributed by atoms with Crippen molar-refractivity contribution in [3.05, 3.63) is 29.8 Å². The molecule has 1 aromatic carbocycles. The molecule has 1 aromatic rings. The number of alkyl halides is 3. The lowest BCUT2D eigenvalue weighted by Crippen LogP contribution is -2.38. The first-order valence-electron chi connectivity index (χ1n) is 7.74. The van der Waals surface area contributed by atoms with Crippen LogP contribution in [0.3, 0.4) is 0 Å². The van der Waals surface area contributed by atoms with E-state index in [2.05, 4.69) is 4.74 Å². The fourth-order valence-corrected chi connectivity index (χ4v) is 3.69. The Morgan fingerprint density at radius 2 is 2.00 bits per heavy atom. The van der Waals surface area contributed by atoms with Gasteiger partial charge in [0.2, 0.25) is 0 Å². The number of nitrogens with zero attached hydrogens (tertiary/aromatic N) is 1. The summed E-state index contributed by atoms with van der Waals surface area (Å²) in [6, 6.07) is 5.32. The highest BCUT2D eigenvalue weighted by atomic mass is 35.5. The Morgan fingerprint density at radius 1 is 1.25 bits per heavy atom. The predicted molar refractivity (Wildman–Crippen MR) is 85.1 cm³/mol. The maximum Gasteiger partial charge on any atom is 0.573 e. The lowest BCUT2D eigenvalue weighted by atomic mass is 9.78. The molecule has 0 radical (unpaired) electrons. The van der Waals surface area contributed by atoms with Gasteiger partial charge in [-0.2, -0.15) is 0 Å². The van der Waals surface area contributed by atoms with Gasteiger partial charge in [-0.3, -0.25) is 4.79 Å². The Labute approximate surface area is 144 Å². The third kappa shape index (κ3) is 4.13. The topological polar surface area (TPSA) is 55.6 Å². The van der Waals surface area contributed by atoms with E-state index < -0.39 is 6.36 Å². The summed E-state index contributed by atoms with van der Waals surface area (Å²) < 4.78 is 40.7. The molecule has 2 fully saturated rings. The van der Waals surface area contributed by atoms with Crippen molar-refractivity contribution in [3.8, 4) is 5.75 Å². The first kappa shape index (κ1) is 18.9. The average molecular weight is 365 g/mol. The second-order valence-electron chi connectivity index (χ2n) is 6.30. The van der Waals surface area contributed by atoms with Gasteiger partial charge in [0, 0.05) is 24.7 Å². The van der Waals surface area contributed by atoms with Crippen molar-refractivity contribution in [2.75, 3.05) is 13.1 Å². The number of nitrogens with two attached hydrogens (primary N) is 1. The molecule has 2 aliphatic rings. The normalized spacial score (nSPS) is 26.5. The van der Waals surface area contributed by atoms with Crippen molar-refractivity contribution in [2.45, 2.75) is 31.7 Å². The first-order valence-corrected chi connectivity index (χ1v) is 7.74. The van der Waals surface area contributed by atoms with Crippen molar-refractivity contribution in [1.82, 2.24) is 4.90 Å². The summed E-state index contributed by atoms with van der Waals surface area (Å²) in [6.45, 7) is 1.20. The van der Waals surface area contributed by atoms with E-state index in [1.807, 2.05) is 0 Å². The largest absolute Gasteiger partial charge is 0.573 e. The molecule has 134 valence electrons. The van der Waals surface area contributed by atoms with Crippen LogP contribution < -0.4 is 10.5 Å². The second kappa shape index (κ2) is 7.19. The van der Waals surface area contributed by atoms with Gasteiger partial charge >= 0.3 is 6.36 Å². The van der Waals surface area contributed by atoms with Crippen molar-refractivity contribution in [1.29, 1.82) is 0 Å². The summed E-state index contributed by atoms with van der Waals surface area (Å²) in [4.78, 5) is 14.3. The number of rotatable bonds is 2. The van der Waals surface area contributed by atoms with Gasteiger partial charge in [-0.15, -0.1) is 25.6 Å². The molecule has 1 amide bonds. The van der Waals surface area contributed by atoms with Crippen LogP contribution in [0.2, 0.25) is 0 Å². The summed E-state index contributed by atoms with van der Waals surface area (Å²) in [5.41, 5.74) is 6.34. The van der Waals surface area contributed by atoms with E-state index >= 15 is 0 Å². The lowest BCUT2D eigenvalue weighted by Gasteiger charge is -2.29. The fraction of sp³-hybridized carbons (Fsp3) is 0.562. The van der Waals surface area contributed by atoms with Crippen molar-refractivity contribution in [3.63, 3.8) is 0 Å². The number of fused-ring (bicyclic) bond motifs is 1. The van der Waals surface area contributed by atoms with E-state index in [0.29, 0.717) is 24.9 Å². The quantitative estimate of drug-likeness (QED) is 0.876. The highest BCUT2D eigenvalue weighted by molar-refractivity contribution is 5.94. The molecule has 1 aliphatic carbocycles. The molecule has 8 heteroatoms. The second-order valence-corrected chi connectivity index (χ2v) is 6.30. The number of carbonyl (C=O) groups excluding carboxylic acids is 1. The van der Waals surface area contributed by atoms with E-state index in [0.717, 1.165) is 25.3 Å². The molecule has 3 unspecified atom stereocenters. The van der Waals surface area contributed by atoms with E-state index in [1.165, 1.54) is 18.2 Å². The maximum absolute atomic E-state index is 12.6. The van der Waals surface area contributed by atoms with Crippen LogP contribution in [-0.2, 0) is 0 Å². The van der Waals surface area contributed by atoms with Gasteiger partial charge < -0.3 is 15.4 Å². The Morgan fingerprint density at radius 3 is 2.67 bits per heavy atom. The Balaban J connectivity index is 0.00000208. The standard InChI is InChI=1S/C16H19F3N2O2.ClH/c17-16(18,19)23-12-5-1-3-10(7-12)15(22)21-8-11-4-2-6-14(20)13(11)9-21;/h1,3,5,7,11,13-14H,2,4,6,8-9,20H2;1H. The lowest BCUT2D eigenvalue weighted by molar-refractivity contribution is -0.274. The van der Waals surface area contributed by atoms with Crippen LogP contribution in [0.15, 0.2) is 24.3 Å². The van der Waals surface area contributed by atoms with Gasteiger partial charge in [-0.05, 0) is 42.9 Å². The van der Waals surface area contributed by atoms with Crippen LogP contribution in [0, 0.1) is 11.8 Å². The van der Waals surface area contributed by atoms with E-state index in [1.54, 1.807) is 4.90 Å². The fourth-order valence-electron chi connectivity index (χ4n) is 3.69. The Bertz CT molecular complexity index is 597. The number of amides is 1. The molecular weight excluding hydrogens is 345 g/mol. The summed E-state index contributed by atoms with van der Waals surface area (Å²) in [6.07, 6.45) is -1.67. The molecule has 4 nitrogen and oxygen atoms in total. The molecule has 1 heterocycles. The van der Waals surface area contributed by atoms with Crippen LogP contribution in [0.1, 0.15) is 29.6 Å². The van der Waals surface area contributed by atoms with E-state index in [-0.39, 0.29) is 35.7 Å². The smallest absolute Gasteiger partial charge is 0.406 e. The molecular formula is C16H20ClF3N2O2. The third-order valence-corrected chi connectivity index (χ3v) is 4.76. The molecule has 0 spiro atoms. The van der Waals surface area contributed by atoms with Crippen LogP contribution in [-0.4, -0.2) is 36.3 Å². The minimum atomic E-state index is -4.77. The summed E-state index contributed by atoms with van der Waals surface area (Å²) >= 11 is 0. The molecule has 1 saturated carbocycles. The van der Waals surface area contributed by atoms with Crippen LogP contribution >= 0.6 is 12.4 Å². The summed E-state index contributed by atoms with van der Waals surface area (Å²) in [7, 11) is 0. The van der Waals surface area contributed by atoms with Crippen molar-refractivity contribution in [2.24, 2.45) is 17.6 Å². The monoisotopic (exact) mass is 364 g/mol. The molecule has 0 aromatic heterocycles. The number of halogens is 4. The highest BCUT2D eigenvalue weighted by Gasteiger charge is 2.40. The van der Waals surface area contributed by atoms with Crippen molar-refractivity contribution >= 4 is 18.3 Å². The number of hydrogen-bond acceptors (Lipinski definition) is 3. The van der Waals surface area contributed by atoms with Crippen LogP contribution in [0.25, 0.3) is 0 Å². The van der Waals surface area contributed by atoms with Gasteiger partial charge in [0.05, 0.1) is 0 Å². The Hall–Kier alpha value is -1.47. The average Bonchev–Trinajstić information content (AvgIpc) is 2.90. The minimum Gasteiger partial charge on any atom is -0.406 e. The number of benzene rings is 1. The van der Waals surface area contributed by atoms with Gasteiger partial charge in [-0.1, -0.05) is 12.5 Å². The third-order valence-electron chi connectivity index (χ3n) is 4.76. The zero-order chi connectivity index (χ0) is 16.6. The van der Waals surface area contributed by atoms with Crippen LogP contribution in [0.5, 0.6) is 5.75 Å². The maximum atomic E-state index is 12.6. The Kier molecular flexibility index (Phi) is 5.65. The van der Waals surface area contributed by atoms with Crippen molar-refractivity contribution < 1.29 is 22.7 Å². The first-order chi connectivity index (χ1) is 10.8. The van der Waals surface area contributed by atoms with E-state index in [9.17, 15) is 18.0 Å². The molecule has 24 heavy (non-hydrogen) atoms. The molecule has 1 aliphatic heterocycles. The van der Waals surface area contributed by atoms with Gasteiger partial charge in [-0.25, -0.2) is 0 Å². The zero-order valence-electron chi connectivity index (χ0n) is 13.0.